The van der Waals surface area contributed by atoms with E-state index in [1.807, 2.05) is 54.6 Å². The second-order valence-corrected chi connectivity index (χ2v) is 5.19. The molecule has 2 nitrogen and oxygen atoms in total. The van der Waals surface area contributed by atoms with E-state index in [4.69, 9.17) is 0 Å². The number of carbonyl (C=O) groups is 1. The van der Waals surface area contributed by atoms with Crippen LogP contribution >= 0.6 is 15.9 Å². The van der Waals surface area contributed by atoms with Crippen LogP contribution in [0.1, 0.15) is 23.6 Å². The predicted molar refractivity (Wildman–Crippen MR) is 79.6 cm³/mol. The Kier molecular flexibility index (Phi) is 4.05. The van der Waals surface area contributed by atoms with E-state index in [9.17, 15) is 9.90 Å². The van der Waals surface area contributed by atoms with Gasteiger partial charge in [-0.3, -0.25) is 4.79 Å². The van der Waals surface area contributed by atoms with Crippen LogP contribution in [0.25, 0.3) is 0 Å². The maximum atomic E-state index is 11.8. The summed E-state index contributed by atoms with van der Waals surface area (Å²) in [5.74, 6) is -0.842. The number of alkyl halides is 1. The summed E-state index contributed by atoms with van der Waals surface area (Å²) in [6.45, 7) is 1.74. The Hall–Kier alpha value is -1.61. The third-order valence-corrected chi connectivity index (χ3v) is 4.11. The van der Waals surface area contributed by atoms with Crippen LogP contribution in [0.2, 0.25) is 0 Å². The number of halogens is 1. The van der Waals surface area contributed by atoms with Crippen LogP contribution in [0.3, 0.4) is 0 Å². The molecular weight excluding hydrogens is 304 g/mol. The van der Waals surface area contributed by atoms with Gasteiger partial charge in [0, 0.05) is 5.33 Å². The van der Waals surface area contributed by atoms with Gasteiger partial charge in [-0.1, -0.05) is 70.5 Å². The molecule has 2 aromatic rings. The van der Waals surface area contributed by atoms with Crippen molar-refractivity contribution in [3.8, 4) is 0 Å². The molecule has 0 spiro atoms. The van der Waals surface area contributed by atoms with Crippen molar-refractivity contribution in [1.82, 2.24) is 0 Å². The zero-order chi connectivity index (χ0) is 13.9. The molecule has 0 aliphatic carbocycles. The summed E-state index contributed by atoms with van der Waals surface area (Å²) in [5, 5.41) is 10.4. The van der Waals surface area contributed by atoms with E-state index in [0.29, 0.717) is 0 Å². The van der Waals surface area contributed by atoms with E-state index in [0.717, 1.165) is 22.0 Å². The summed E-state index contributed by atoms with van der Waals surface area (Å²) < 4.78 is 0. The lowest BCUT2D eigenvalue weighted by Gasteiger charge is -2.26. The Balaban J connectivity index is 2.53. The molecule has 1 unspecified atom stereocenters. The van der Waals surface area contributed by atoms with Gasteiger partial charge in [0.1, 0.15) is 5.41 Å². The third-order valence-electron chi connectivity index (χ3n) is 3.46. The average molecular weight is 319 g/mol. The summed E-state index contributed by atoms with van der Waals surface area (Å²) in [6, 6.07) is 17.0. The Labute approximate surface area is 121 Å². The number of aliphatic carboxylic acids is 1. The molecule has 0 saturated heterocycles. The minimum absolute atomic E-state index is 0.766. The molecule has 98 valence electrons. The Bertz CT molecular complexity index is 563. The molecule has 19 heavy (non-hydrogen) atoms. The van der Waals surface area contributed by atoms with Crippen LogP contribution in [0.4, 0.5) is 0 Å². The lowest BCUT2D eigenvalue weighted by atomic mass is 9.76. The van der Waals surface area contributed by atoms with Gasteiger partial charge >= 0.3 is 5.97 Å². The first-order valence-corrected chi connectivity index (χ1v) is 7.15. The molecule has 1 N–H and O–H groups in total. The lowest BCUT2D eigenvalue weighted by Crippen LogP contribution is -2.33. The van der Waals surface area contributed by atoms with Crippen molar-refractivity contribution >= 4 is 21.9 Å². The average Bonchev–Trinajstić information content (AvgIpc) is 2.47. The molecule has 0 aliphatic heterocycles. The molecule has 2 rings (SSSR count). The van der Waals surface area contributed by atoms with Crippen LogP contribution in [0, 0.1) is 0 Å². The van der Waals surface area contributed by atoms with Crippen molar-refractivity contribution in [3.05, 3.63) is 71.3 Å². The van der Waals surface area contributed by atoms with Gasteiger partial charge in [0.25, 0.3) is 0 Å². The van der Waals surface area contributed by atoms with Gasteiger partial charge in [0.15, 0.2) is 0 Å². The number of hydrogen-bond donors (Lipinski definition) is 1. The summed E-state index contributed by atoms with van der Waals surface area (Å²) >= 11 is 3.39. The zero-order valence-corrected chi connectivity index (χ0v) is 12.2. The molecular formula is C16H15BrO2. The van der Waals surface area contributed by atoms with Crippen LogP contribution in [-0.4, -0.2) is 11.1 Å². The molecule has 0 amide bonds. The number of benzene rings is 2. The highest BCUT2D eigenvalue weighted by molar-refractivity contribution is 9.08. The smallest absolute Gasteiger partial charge is 0.318 e. The third kappa shape index (κ3) is 2.56. The van der Waals surface area contributed by atoms with E-state index in [1.165, 1.54) is 0 Å². The van der Waals surface area contributed by atoms with Crippen molar-refractivity contribution in [2.24, 2.45) is 0 Å². The van der Waals surface area contributed by atoms with Gasteiger partial charge in [-0.2, -0.15) is 0 Å². The fourth-order valence-electron chi connectivity index (χ4n) is 2.11. The highest BCUT2D eigenvalue weighted by Crippen LogP contribution is 2.32. The maximum absolute atomic E-state index is 11.8. The monoisotopic (exact) mass is 318 g/mol. The van der Waals surface area contributed by atoms with Gasteiger partial charge < -0.3 is 5.11 Å². The van der Waals surface area contributed by atoms with E-state index in [2.05, 4.69) is 15.9 Å². The van der Waals surface area contributed by atoms with Gasteiger partial charge in [0.05, 0.1) is 0 Å². The first-order chi connectivity index (χ1) is 9.09. The molecule has 0 bridgehead atoms. The predicted octanol–water partition coefficient (Wildman–Crippen LogP) is 3.97. The largest absolute Gasteiger partial charge is 0.480 e. The van der Waals surface area contributed by atoms with Crippen molar-refractivity contribution < 1.29 is 9.90 Å². The fraction of sp³-hybridized carbons (Fsp3) is 0.188. The fourth-order valence-corrected chi connectivity index (χ4v) is 2.49. The van der Waals surface area contributed by atoms with E-state index in [-0.39, 0.29) is 0 Å². The van der Waals surface area contributed by atoms with Gasteiger partial charge in [-0.25, -0.2) is 0 Å². The minimum atomic E-state index is -1.02. The van der Waals surface area contributed by atoms with Gasteiger partial charge in [-0.05, 0) is 23.6 Å². The second kappa shape index (κ2) is 5.57. The second-order valence-electron chi connectivity index (χ2n) is 4.63. The topological polar surface area (TPSA) is 37.3 Å². The molecule has 2 aromatic carbocycles. The van der Waals surface area contributed by atoms with E-state index < -0.39 is 11.4 Å². The van der Waals surface area contributed by atoms with Crippen molar-refractivity contribution in [3.63, 3.8) is 0 Å². The number of hydrogen-bond acceptors (Lipinski definition) is 1. The molecule has 0 aliphatic rings. The number of rotatable bonds is 4. The lowest BCUT2D eigenvalue weighted by molar-refractivity contribution is -0.141. The Morgan fingerprint density at radius 3 is 2.05 bits per heavy atom. The maximum Gasteiger partial charge on any atom is 0.318 e. The van der Waals surface area contributed by atoms with E-state index in [1.54, 1.807) is 6.92 Å². The standard InChI is InChI=1S/C16H15BrO2/c1-16(15(18)19,13-5-3-2-4-6-13)14-9-7-12(11-17)8-10-14/h2-10H,11H2,1H3,(H,18,19). The highest BCUT2D eigenvalue weighted by atomic mass is 79.9. The first kappa shape index (κ1) is 13.8. The first-order valence-electron chi connectivity index (χ1n) is 6.03. The van der Waals surface area contributed by atoms with Crippen molar-refractivity contribution in [2.45, 2.75) is 17.7 Å². The summed E-state index contributed by atoms with van der Waals surface area (Å²) in [5.41, 5.74) is 1.68. The van der Waals surface area contributed by atoms with Crippen LogP contribution in [0.15, 0.2) is 54.6 Å². The zero-order valence-electron chi connectivity index (χ0n) is 10.6. The van der Waals surface area contributed by atoms with E-state index >= 15 is 0 Å². The quantitative estimate of drug-likeness (QED) is 0.866. The minimum Gasteiger partial charge on any atom is -0.480 e. The summed E-state index contributed by atoms with van der Waals surface area (Å²) in [4.78, 5) is 11.8. The molecule has 0 aromatic heterocycles. The summed E-state index contributed by atoms with van der Waals surface area (Å²) in [7, 11) is 0. The molecule has 0 heterocycles. The van der Waals surface area contributed by atoms with Crippen LogP contribution < -0.4 is 0 Å². The van der Waals surface area contributed by atoms with Gasteiger partial charge in [0.2, 0.25) is 0 Å². The number of carboxylic acid groups (broad SMARTS) is 1. The highest BCUT2D eigenvalue weighted by Gasteiger charge is 2.36. The Morgan fingerprint density at radius 2 is 1.58 bits per heavy atom. The number of carboxylic acids is 1. The molecule has 0 fully saturated rings. The normalized spacial score (nSPS) is 13.8. The van der Waals surface area contributed by atoms with Gasteiger partial charge in [-0.15, -0.1) is 0 Å². The van der Waals surface area contributed by atoms with Crippen LogP contribution in [0.5, 0.6) is 0 Å². The Morgan fingerprint density at radius 1 is 1.05 bits per heavy atom. The SMILES string of the molecule is CC(C(=O)O)(c1ccccc1)c1ccc(CBr)cc1. The van der Waals surface area contributed by atoms with Crippen LogP contribution in [-0.2, 0) is 15.5 Å². The molecule has 0 radical (unpaired) electrons. The molecule has 3 heteroatoms. The van der Waals surface area contributed by atoms with Crippen molar-refractivity contribution in [1.29, 1.82) is 0 Å². The summed E-state index contributed by atoms with van der Waals surface area (Å²) in [6.07, 6.45) is 0. The molecule has 0 saturated carbocycles. The molecule has 1 atom stereocenters. The van der Waals surface area contributed by atoms with Crippen molar-refractivity contribution in [2.75, 3.05) is 0 Å².